The number of anilines is 2. The molecule has 6 rings (SSSR count). The third kappa shape index (κ3) is 3.88. The summed E-state index contributed by atoms with van der Waals surface area (Å²) in [5, 5.41) is 3.50. The highest BCUT2D eigenvalue weighted by Gasteiger charge is 2.64. The topological polar surface area (TPSA) is 111 Å². The number of carbonyl (C=O) groups excluding carboxylic acids is 2. The standard InChI is InChI=1S/C31H31ClN6O4/c1-15(2)37-25-24(35-26(37)20-14-33-30(42-16(3)4)36-27(20)41-7)28(39)38(23-13-19(32)10-9-18(23)6)31(25)21-11-8-17(5)12-22(21)34-29(31)40/h8-16H,1-7H3,(H,34,40). The molecule has 11 heteroatoms. The molecule has 2 aliphatic heterocycles. The van der Waals surface area contributed by atoms with Crippen LogP contribution in [-0.2, 0) is 10.3 Å². The Kier molecular flexibility index (Phi) is 6.49. The molecule has 2 aliphatic rings. The monoisotopic (exact) mass is 586 g/mol. The van der Waals surface area contributed by atoms with Crippen LogP contribution in [-0.4, -0.2) is 44.5 Å². The van der Waals surface area contributed by atoms with Gasteiger partial charge in [-0.1, -0.05) is 29.8 Å². The smallest absolute Gasteiger partial charge is 0.319 e. The Labute approximate surface area is 248 Å². The lowest BCUT2D eigenvalue weighted by molar-refractivity contribution is -0.119. The highest BCUT2D eigenvalue weighted by molar-refractivity contribution is 6.31. The first-order chi connectivity index (χ1) is 20.0. The number of aromatic nitrogens is 4. The Balaban J connectivity index is 1.68. The number of carbonyl (C=O) groups is 2. The minimum atomic E-state index is -1.55. The van der Waals surface area contributed by atoms with E-state index in [0.29, 0.717) is 39.0 Å². The van der Waals surface area contributed by atoms with E-state index in [2.05, 4.69) is 15.3 Å². The number of nitrogens with one attached hydrogen (secondary N) is 1. The fourth-order valence-electron chi connectivity index (χ4n) is 5.89. The zero-order chi connectivity index (χ0) is 30.1. The van der Waals surface area contributed by atoms with Crippen LogP contribution in [0.5, 0.6) is 11.9 Å². The van der Waals surface area contributed by atoms with Crippen molar-refractivity contribution in [2.24, 2.45) is 0 Å². The summed E-state index contributed by atoms with van der Waals surface area (Å²) in [6, 6.07) is 11.0. The average Bonchev–Trinajstić information content (AvgIpc) is 3.53. The zero-order valence-electron chi connectivity index (χ0n) is 24.4. The minimum absolute atomic E-state index is 0.134. The Morgan fingerprint density at radius 3 is 2.48 bits per heavy atom. The summed E-state index contributed by atoms with van der Waals surface area (Å²) in [5.41, 5.74) is 3.13. The second-order valence-corrected chi connectivity index (χ2v) is 11.6. The van der Waals surface area contributed by atoms with Gasteiger partial charge in [-0.2, -0.15) is 4.98 Å². The van der Waals surface area contributed by atoms with Crippen LogP contribution in [0.25, 0.3) is 11.4 Å². The summed E-state index contributed by atoms with van der Waals surface area (Å²) < 4.78 is 13.2. The summed E-state index contributed by atoms with van der Waals surface area (Å²) >= 11 is 6.45. The molecule has 0 bridgehead atoms. The Morgan fingerprint density at radius 1 is 1.02 bits per heavy atom. The van der Waals surface area contributed by atoms with Gasteiger partial charge in [-0.3, -0.25) is 14.5 Å². The predicted octanol–water partition coefficient (Wildman–Crippen LogP) is 5.84. The number of amides is 2. The van der Waals surface area contributed by atoms with Crippen LogP contribution in [0.1, 0.15) is 66.6 Å². The number of halogens is 1. The van der Waals surface area contributed by atoms with E-state index in [1.165, 1.54) is 7.11 Å². The van der Waals surface area contributed by atoms with Gasteiger partial charge in [-0.05, 0) is 70.9 Å². The number of hydrogen-bond acceptors (Lipinski definition) is 7. The lowest BCUT2D eigenvalue weighted by Crippen LogP contribution is -2.51. The van der Waals surface area contributed by atoms with Crippen LogP contribution in [0.15, 0.2) is 42.6 Å². The summed E-state index contributed by atoms with van der Waals surface area (Å²) in [4.78, 5) is 44.2. The van der Waals surface area contributed by atoms with Crippen molar-refractivity contribution < 1.29 is 19.1 Å². The number of methoxy groups -OCH3 is 1. The van der Waals surface area contributed by atoms with Crippen LogP contribution < -0.4 is 19.7 Å². The summed E-state index contributed by atoms with van der Waals surface area (Å²) in [6.07, 6.45) is 1.44. The second kappa shape index (κ2) is 9.84. The minimum Gasteiger partial charge on any atom is -0.480 e. The fourth-order valence-corrected chi connectivity index (χ4v) is 6.06. The molecule has 2 aromatic heterocycles. The number of aryl methyl sites for hydroxylation is 2. The maximum Gasteiger partial charge on any atom is 0.319 e. The highest BCUT2D eigenvalue weighted by Crippen LogP contribution is 2.55. The molecule has 0 radical (unpaired) electrons. The molecule has 10 nitrogen and oxygen atoms in total. The van der Waals surface area contributed by atoms with Crippen molar-refractivity contribution in [3.63, 3.8) is 0 Å². The Bertz CT molecular complexity index is 1780. The van der Waals surface area contributed by atoms with Crippen molar-refractivity contribution in [3.05, 3.63) is 75.7 Å². The summed E-state index contributed by atoms with van der Waals surface area (Å²) in [7, 11) is 1.50. The molecule has 2 amide bonds. The lowest BCUT2D eigenvalue weighted by atomic mass is 9.86. The van der Waals surface area contributed by atoms with Gasteiger partial charge in [0.2, 0.25) is 5.88 Å². The van der Waals surface area contributed by atoms with E-state index in [4.69, 9.17) is 26.1 Å². The fraction of sp³-hybridized carbons (Fsp3) is 0.323. The van der Waals surface area contributed by atoms with Gasteiger partial charge in [-0.25, -0.2) is 9.97 Å². The van der Waals surface area contributed by atoms with E-state index >= 15 is 0 Å². The van der Waals surface area contributed by atoms with E-state index in [9.17, 15) is 9.59 Å². The molecule has 1 spiro atoms. The average molecular weight is 587 g/mol. The van der Waals surface area contributed by atoms with Crippen LogP contribution in [0, 0.1) is 13.8 Å². The third-order valence-corrected chi connectivity index (χ3v) is 7.81. The van der Waals surface area contributed by atoms with E-state index in [-0.39, 0.29) is 35.6 Å². The van der Waals surface area contributed by atoms with Crippen molar-refractivity contribution >= 4 is 34.8 Å². The van der Waals surface area contributed by atoms with Gasteiger partial charge in [0.1, 0.15) is 5.82 Å². The zero-order valence-corrected chi connectivity index (χ0v) is 25.2. The van der Waals surface area contributed by atoms with Crippen molar-refractivity contribution in [1.82, 2.24) is 19.5 Å². The van der Waals surface area contributed by atoms with Crippen molar-refractivity contribution in [3.8, 4) is 23.3 Å². The first-order valence-corrected chi connectivity index (χ1v) is 14.1. The molecule has 1 atom stereocenters. The van der Waals surface area contributed by atoms with Crippen LogP contribution in [0.2, 0.25) is 5.02 Å². The summed E-state index contributed by atoms with van der Waals surface area (Å²) in [6.45, 7) is 11.6. The van der Waals surface area contributed by atoms with E-state index in [0.717, 1.165) is 11.1 Å². The van der Waals surface area contributed by atoms with Gasteiger partial charge in [0.15, 0.2) is 11.2 Å². The molecule has 0 aliphatic carbocycles. The predicted molar refractivity (Wildman–Crippen MR) is 160 cm³/mol. The largest absolute Gasteiger partial charge is 0.480 e. The molecular formula is C31H31ClN6O4. The lowest BCUT2D eigenvalue weighted by Gasteiger charge is -2.36. The summed E-state index contributed by atoms with van der Waals surface area (Å²) in [5.74, 6) is -0.125. The molecule has 0 fully saturated rings. The third-order valence-electron chi connectivity index (χ3n) is 7.57. The highest BCUT2D eigenvalue weighted by atomic mass is 35.5. The number of ether oxygens (including phenoxy) is 2. The quantitative estimate of drug-likeness (QED) is 0.302. The Morgan fingerprint density at radius 2 is 1.79 bits per heavy atom. The number of benzene rings is 2. The molecule has 0 saturated carbocycles. The molecule has 1 N–H and O–H groups in total. The van der Waals surface area contributed by atoms with Crippen LogP contribution in [0.4, 0.5) is 11.4 Å². The van der Waals surface area contributed by atoms with Gasteiger partial charge in [0, 0.05) is 28.5 Å². The van der Waals surface area contributed by atoms with Gasteiger partial charge in [0.25, 0.3) is 11.8 Å². The van der Waals surface area contributed by atoms with E-state index in [1.54, 1.807) is 23.2 Å². The molecule has 42 heavy (non-hydrogen) atoms. The molecule has 4 heterocycles. The van der Waals surface area contributed by atoms with Gasteiger partial charge in [-0.15, -0.1) is 0 Å². The van der Waals surface area contributed by atoms with Crippen molar-refractivity contribution in [2.45, 2.75) is 59.2 Å². The van der Waals surface area contributed by atoms with Gasteiger partial charge < -0.3 is 19.4 Å². The molecular weight excluding hydrogens is 556 g/mol. The van der Waals surface area contributed by atoms with E-state index in [1.807, 2.05) is 70.4 Å². The number of imidazole rings is 1. The van der Waals surface area contributed by atoms with Crippen LogP contribution in [0.3, 0.4) is 0 Å². The molecule has 1 unspecified atom stereocenters. The SMILES string of the molecule is COc1nc(OC(C)C)ncc1-c1nc2c(n1C(C)C)C1(C(=O)Nc3cc(C)ccc31)N(c1cc(Cl)ccc1C)C2=O. The normalized spacial score (nSPS) is 17.3. The maximum absolute atomic E-state index is 14.5. The number of nitrogens with zero attached hydrogens (tertiary/aromatic N) is 5. The first-order valence-electron chi connectivity index (χ1n) is 13.7. The molecule has 4 aromatic rings. The molecule has 2 aromatic carbocycles. The van der Waals surface area contributed by atoms with Crippen molar-refractivity contribution in [2.75, 3.05) is 17.3 Å². The number of hydrogen-bond donors (Lipinski definition) is 1. The molecule has 0 saturated heterocycles. The van der Waals surface area contributed by atoms with E-state index < -0.39 is 11.4 Å². The van der Waals surface area contributed by atoms with Gasteiger partial charge in [0.05, 0.1) is 30.2 Å². The van der Waals surface area contributed by atoms with Crippen molar-refractivity contribution in [1.29, 1.82) is 0 Å². The Hall–Kier alpha value is -4.44. The van der Waals surface area contributed by atoms with Gasteiger partial charge >= 0.3 is 6.01 Å². The second-order valence-electron chi connectivity index (χ2n) is 11.1. The number of fused-ring (bicyclic) bond motifs is 4. The van der Waals surface area contributed by atoms with Crippen LogP contribution >= 0.6 is 11.6 Å². The maximum atomic E-state index is 14.5. The number of rotatable bonds is 6. The molecule has 216 valence electrons. The first kappa shape index (κ1) is 27.7.